The van der Waals surface area contributed by atoms with Crippen LogP contribution >= 0.6 is 23.1 Å². The molecule has 0 saturated carbocycles. The van der Waals surface area contributed by atoms with Gasteiger partial charge in [-0.2, -0.15) is 13.0 Å². The number of rotatable bonds is 11. The highest BCUT2D eigenvalue weighted by atomic mass is 32.2. The maximum Gasteiger partial charge on any atom is 0.273 e. The van der Waals surface area contributed by atoms with Gasteiger partial charge < -0.3 is 4.90 Å². The summed E-state index contributed by atoms with van der Waals surface area (Å²) in [7, 11) is -2.75. The summed E-state index contributed by atoms with van der Waals surface area (Å²) in [5.74, 6) is 0. The lowest BCUT2D eigenvalue weighted by Crippen LogP contribution is -2.42. The molecule has 10 heteroatoms. The minimum Gasteiger partial charge on any atom is -0.335 e. The molecule has 5 rings (SSSR count). The van der Waals surface area contributed by atoms with Crippen LogP contribution in [0.4, 0.5) is 5.69 Å². The Hall–Kier alpha value is -2.99. The van der Waals surface area contributed by atoms with Crippen molar-refractivity contribution in [2.24, 2.45) is 0 Å². The van der Waals surface area contributed by atoms with Crippen LogP contribution in [0, 0.1) is 0 Å². The summed E-state index contributed by atoms with van der Waals surface area (Å²) in [6, 6.07) is 23.0. The molecule has 0 fully saturated rings. The Bertz CT molecular complexity index is 1750. The van der Waals surface area contributed by atoms with Crippen LogP contribution in [0.2, 0.25) is 0 Å². The van der Waals surface area contributed by atoms with E-state index in [-0.39, 0.29) is 13.2 Å². The smallest absolute Gasteiger partial charge is 0.273 e. The van der Waals surface area contributed by atoms with Crippen molar-refractivity contribution in [3.8, 4) is 11.1 Å². The third-order valence-electron chi connectivity index (χ3n) is 7.27. The highest BCUT2D eigenvalue weighted by Gasteiger charge is 2.29. The van der Waals surface area contributed by atoms with Crippen LogP contribution < -0.4 is 9.47 Å². The van der Waals surface area contributed by atoms with Crippen molar-refractivity contribution < 1.29 is 27.3 Å². The summed E-state index contributed by atoms with van der Waals surface area (Å²) in [5.41, 5.74) is 6.49. The first-order chi connectivity index (χ1) is 20.2. The maximum absolute atomic E-state index is 12.0. The average molecular weight is 624 g/mol. The molecular weight excluding hydrogens is 589 g/mol. The van der Waals surface area contributed by atoms with Crippen molar-refractivity contribution in [3.05, 3.63) is 94.0 Å². The van der Waals surface area contributed by atoms with Gasteiger partial charge in [0.2, 0.25) is 5.52 Å². The van der Waals surface area contributed by atoms with E-state index in [2.05, 4.69) is 73.4 Å². The third kappa shape index (κ3) is 6.64. The second-order valence-corrected chi connectivity index (χ2v) is 14.0. The Morgan fingerprint density at radius 3 is 2.55 bits per heavy atom. The van der Waals surface area contributed by atoms with Crippen LogP contribution in [0.25, 0.3) is 27.4 Å². The Kier molecular flexibility index (Phi) is 9.51. The summed E-state index contributed by atoms with van der Waals surface area (Å²) in [6.07, 6.45) is 5.16. The normalized spacial score (nSPS) is 15.5. The molecule has 0 radical (unpaired) electrons. The van der Waals surface area contributed by atoms with Crippen LogP contribution in [-0.2, 0) is 33.0 Å². The van der Waals surface area contributed by atoms with E-state index < -0.39 is 15.4 Å². The first-order valence-electron chi connectivity index (χ1n) is 13.9. The largest absolute Gasteiger partial charge is 0.335 e. The lowest BCUT2D eigenvalue weighted by molar-refractivity contribution is -0.667. The molecule has 2 heterocycles. The molecule has 1 aliphatic rings. The van der Waals surface area contributed by atoms with E-state index in [0.717, 1.165) is 44.4 Å². The number of aromatic nitrogens is 1. The molecule has 1 unspecified atom stereocenters. The molecule has 1 aromatic heterocycles. The second kappa shape index (κ2) is 13.1. The fourth-order valence-corrected chi connectivity index (χ4v) is 7.57. The van der Waals surface area contributed by atoms with Gasteiger partial charge in [-0.3, -0.25) is 4.55 Å². The number of fused-ring (bicyclic) bond motifs is 2. The molecule has 0 bridgehead atoms. The molecule has 42 heavy (non-hydrogen) atoms. The number of thioether (sulfide) groups is 1. The second-order valence-electron chi connectivity index (χ2n) is 10.1. The molecule has 1 atom stereocenters. The van der Waals surface area contributed by atoms with E-state index >= 15 is 0 Å². The van der Waals surface area contributed by atoms with Gasteiger partial charge in [-0.15, -0.1) is 0 Å². The van der Waals surface area contributed by atoms with Gasteiger partial charge in [0.15, 0.2) is 6.54 Å². The topological polar surface area (TPSA) is 80.0 Å². The predicted molar refractivity (Wildman–Crippen MR) is 172 cm³/mol. The van der Waals surface area contributed by atoms with Gasteiger partial charge in [-0.1, -0.05) is 72.5 Å². The zero-order valence-electron chi connectivity index (χ0n) is 24.1. The standard InChI is InChI=1S/C32H34N2O5S3/c1-5-23(17-31-33(6-2)28-19-26(13-15-30(28)40-31)25-10-8-7-9-11-25)18-32-34(20-22(3)42(35,36)37)27-16-24(21-39-38-4)12-14-29(27)41-32/h7-19,22H,5-6,20-21H2,1-4H3/p+1. The van der Waals surface area contributed by atoms with Gasteiger partial charge in [-0.05, 0) is 66.8 Å². The van der Waals surface area contributed by atoms with Crippen molar-refractivity contribution in [2.75, 3.05) is 18.6 Å². The molecule has 1 N–H and O–H groups in total. The molecule has 3 aromatic carbocycles. The van der Waals surface area contributed by atoms with Crippen LogP contribution in [0.15, 0.2) is 88.3 Å². The van der Waals surface area contributed by atoms with Gasteiger partial charge in [0.1, 0.15) is 16.6 Å². The minimum atomic E-state index is -4.21. The zero-order valence-corrected chi connectivity index (χ0v) is 26.6. The minimum absolute atomic E-state index is 0.121. The Morgan fingerprint density at radius 1 is 1.07 bits per heavy atom. The van der Waals surface area contributed by atoms with Crippen LogP contribution in [0.5, 0.6) is 0 Å². The molecule has 0 aliphatic carbocycles. The summed E-state index contributed by atoms with van der Waals surface area (Å²) in [5, 5.41) is 1.10. The van der Waals surface area contributed by atoms with Crippen molar-refractivity contribution in [1.29, 1.82) is 0 Å². The summed E-state index contributed by atoms with van der Waals surface area (Å²) < 4.78 is 36.7. The number of anilines is 1. The molecule has 0 spiro atoms. The number of hydrogen-bond donors (Lipinski definition) is 1. The van der Waals surface area contributed by atoms with Gasteiger partial charge in [0, 0.05) is 23.6 Å². The fraction of sp³-hybridized carbons (Fsp3) is 0.281. The first-order valence-corrected chi connectivity index (χ1v) is 17.0. The number of allylic oxidation sites excluding steroid dienone is 2. The monoisotopic (exact) mass is 623 g/mol. The lowest BCUT2D eigenvalue weighted by Gasteiger charge is -2.19. The highest BCUT2D eigenvalue weighted by Crippen LogP contribution is 2.47. The molecule has 220 valence electrons. The number of hydrogen-bond acceptors (Lipinski definition) is 7. The average Bonchev–Trinajstić information content (AvgIpc) is 3.51. The van der Waals surface area contributed by atoms with Gasteiger partial charge in [-0.25, -0.2) is 9.78 Å². The number of benzene rings is 3. The molecule has 1 aliphatic heterocycles. The van der Waals surface area contributed by atoms with Gasteiger partial charge in [0.25, 0.3) is 15.1 Å². The Labute approximate surface area is 255 Å². The van der Waals surface area contributed by atoms with Gasteiger partial charge >= 0.3 is 0 Å². The molecule has 7 nitrogen and oxygen atoms in total. The molecule has 0 amide bonds. The van der Waals surface area contributed by atoms with Gasteiger partial charge in [0.05, 0.1) is 17.8 Å². The van der Waals surface area contributed by atoms with Crippen molar-refractivity contribution >= 4 is 55.2 Å². The quantitative estimate of drug-likeness (QED) is 0.0803. The maximum atomic E-state index is 12.0. The van der Waals surface area contributed by atoms with Crippen molar-refractivity contribution in [2.45, 2.75) is 50.5 Å². The van der Waals surface area contributed by atoms with Crippen molar-refractivity contribution in [1.82, 2.24) is 0 Å². The van der Waals surface area contributed by atoms with E-state index in [4.69, 9.17) is 9.78 Å². The molecular formula is C32H35N2O5S3+. The van der Waals surface area contributed by atoms with Crippen LogP contribution in [0.3, 0.4) is 0 Å². The molecule has 0 saturated heterocycles. The number of nitrogens with zero attached hydrogens (tertiary/aromatic N) is 2. The fourth-order valence-electron chi connectivity index (χ4n) is 4.92. The van der Waals surface area contributed by atoms with E-state index in [1.807, 2.05) is 28.8 Å². The summed E-state index contributed by atoms with van der Waals surface area (Å²) >= 11 is 3.36. The van der Waals surface area contributed by atoms with Crippen molar-refractivity contribution in [3.63, 3.8) is 0 Å². The summed E-state index contributed by atoms with van der Waals surface area (Å²) in [6.45, 7) is 7.03. The van der Waals surface area contributed by atoms with Crippen LogP contribution in [-0.4, -0.2) is 31.9 Å². The third-order valence-corrected chi connectivity index (χ3v) is 10.7. The lowest BCUT2D eigenvalue weighted by atomic mass is 10.0. The van der Waals surface area contributed by atoms with E-state index in [9.17, 15) is 13.0 Å². The first kappa shape index (κ1) is 30.5. The molecule has 4 aromatic rings. The zero-order chi connectivity index (χ0) is 29.9. The summed E-state index contributed by atoms with van der Waals surface area (Å²) in [4.78, 5) is 13.5. The Morgan fingerprint density at radius 2 is 1.86 bits per heavy atom. The highest BCUT2D eigenvalue weighted by molar-refractivity contribution is 8.03. The SMILES string of the molecule is CCC(/C=C1\Sc2ccc(-c3ccccc3)cc2N1CC)=C\c1sc2ccc(COOC)cc2[n+]1CC(C)S(=O)(=O)O. The number of thiazole rings is 1. The van der Waals surface area contributed by atoms with Crippen LogP contribution in [0.1, 0.15) is 37.8 Å². The predicted octanol–water partition coefficient (Wildman–Crippen LogP) is 7.48. The van der Waals surface area contributed by atoms with E-state index in [1.54, 1.807) is 23.1 Å². The van der Waals surface area contributed by atoms with E-state index in [0.29, 0.717) is 0 Å². The van der Waals surface area contributed by atoms with E-state index in [1.165, 1.54) is 35.7 Å². The Balaban J connectivity index is 1.53.